The number of aromatic nitrogens is 4. The second kappa shape index (κ2) is 6.78. The molecule has 5 nitrogen and oxygen atoms in total. The van der Waals surface area contributed by atoms with Gasteiger partial charge >= 0.3 is 0 Å². The van der Waals surface area contributed by atoms with Crippen molar-refractivity contribution >= 4 is 21.9 Å². The summed E-state index contributed by atoms with van der Waals surface area (Å²) in [5.41, 5.74) is 4.11. The van der Waals surface area contributed by atoms with E-state index >= 15 is 0 Å². The van der Waals surface area contributed by atoms with E-state index in [1.165, 1.54) is 5.56 Å². The first-order chi connectivity index (χ1) is 13.8. The van der Waals surface area contributed by atoms with Crippen molar-refractivity contribution in [2.45, 2.75) is 12.8 Å². The molecule has 5 aromatic rings. The van der Waals surface area contributed by atoms with Crippen LogP contribution in [0.4, 0.5) is 0 Å². The van der Waals surface area contributed by atoms with Crippen LogP contribution in [0.5, 0.6) is 0 Å². The van der Waals surface area contributed by atoms with Crippen molar-refractivity contribution in [1.82, 2.24) is 19.7 Å². The van der Waals surface area contributed by atoms with E-state index in [-0.39, 0.29) is 5.56 Å². The third kappa shape index (κ3) is 2.68. The minimum atomic E-state index is -0.0933. The number of hydrogen-bond acceptors (Lipinski definition) is 3. The lowest BCUT2D eigenvalue weighted by atomic mass is 10.1. The second-order valence-electron chi connectivity index (χ2n) is 6.76. The van der Waals surface area contributed by atoms with Crippen molar-refractivity contribution in [2.24, 2.45) is 0 Å². The van der Waals surface area contributed by atoms with Crippen molar-refractivity contribution in [1.29, 1.82) is 0 Å². The predicted molar refractivity (Wildman–Crippen MR) is 111 cm³/mol. The Morgan fingerprint density at radius 3 is 2.39 bits per heavy atom. The van der Waals surface area contributed by atoms with Crippen LogP contribution >= 0.6 is 0 Å². The van der Waals surface area contributed by atoms with E-state index < -0.39 is 0 Å². The molecule has 5 heteroatoms. The van der Waals surface area contributed by atoms with E-state index in [9.17, 15) is 4.79 Å². The minimum Gasteiger partial charge on any atom is -0.277 e. The van der Waals surface area contributed by atoms with Gasteiger partial charge in [0.15, 0.2) is 0 Å². The molecule has 0 aliphatic carbocycles. The molecule has 3 aromatic heterocycles. The van der Waals surface area contributed by atoms with Gasteiger partial charge in [0.2, 0.25) is 0 Å². The molecule has 0 spiro atoms. The molecule has 0 bridgehead atoms. The highest BCUT2D eigenvalue weighted by Gasteiger charge is 2.18. The quantitative estimate of drug-likeness (QED) is 0.522. The van der Waals surface area contributed by atoms with Gasteiger partial charge in [-0.1, -0.05) is 48.5 Å². The Balaban J connectivity index is 1.73. The molecule has 0 saturated carbocycles. The molecule has 0 saturated heterocycles. The lowest BCUT2D eigenvalue weighted by Crippen LogP contribution is -2.20. The van der Waals surface area contributed by atoms with Crippen molar-refractivity contribution in [3.05, 3.63) is 101 Å². The van der Waals surface area contributed by atoms with Gasteiger partial charge in [-0.2, -0.15) is 5.10 Å². The number of nitrogens with zero attached hydrogens (tertiary/aromatic N) is 3. The molecule has 3 heterocycles. The number of nitrogens with one attached hydrogen (secondary N) is 1. The van der Waals surface area contributed by atoms with E-state index in [4.69, 9.17) is 0 Å². The third-order valence-electron chi connectivity index (χ3n) is 5.03. The number of aryl methyl sites for hydroxylation is 2. The average Bonchev–Trinajstić information content (AvgIpc) is 3.19. The fraction of sp³-hybridized carbons (Fsp3) is 0.0870. The van der Waals surface area contributed by atoms with E-state index in [1.807, 2.05) is 60.7 Å². The van der Waals surface area contributed by atoms with Crippen LogP contribution < -0.4 is 5.56 Å². The fourth-order valence-electron chi connectivity index (χ4n) is 3.69. The van der Waals surface area contributed by atoms with Gasteiger partial charge < -0.3 is 0 Å². The van der Waals surface area contributed by atoms with Crippen molar-refractivity contribution in [2.75, 3.05) is 0 Å². The summed E-state index contributed by atoms with van der Waals surface area (Å²) in [6, 6.07) is 23.7. The van der Waals surface area contributed by atoms with Crippen LogP contribution in [0.1, 0.15) is 11.3 Å². The van der Waals surface area contributed by atoms with Crippen LogP contribution in [0, 0.1) is 0 Å². The maximum absolute atomic E-state index is 13.5. The minimum absolute atomic E-state index is 0.0933. The molecule has 0 aliphatic heterocycles. The molecule has 0 atom stereocenters. The number of rotatable bonds is 4. The Bertz CT molecular complexity index is 1320. The number of hydrogen-bond donors (Lipinski definition) is 1. The standard InChI is InChI=1S/C23H18N4O/c28-23-20-19(14-13-16-8-3-1-4-9-16)25-26-21(20)18-12-7-15-24-22(18)27(23)17-10-5-2-6-11-17/h1-12,15H,13-14H2,(H,25,26). The molecular formula is C23H18N4O. The molecule has 136 valence electrons. The topological polar surface area (TPSA) is 63.6 Å². The highest BCUT2D eigenvalue weighted by Crippen LogP contribution is 2.24. The summed E-state index contributed by atoms with van der Waals surface area (Å²) in [6.07, 6.45) is 3.23. The SMILES string of the molecule is O=c1c2c(CCc3ccccc3)n[nH]c2c2cccnc2n1-c1ccccc1. The monoisotopic (exact) mass is 366 g/mol. The normalized spacial score (nSPS) is 11.3. The number of H-pyrrole nitrogens is 1. The van der Waals surface area contributed by atoms with Gasteiger partial charge in [-0.15, -0.1) is 0 Å². The number of para-hydroxylation sites is 1. The maximum Gasteiger partial charge on any atom is 0.268 e. The number of aromatic amines is 1. The lowest BCUT2D eigenvalue weighted by Gasteiger charge is -2.10. The summed E-state index contributed by atoms with van der Waals surface area (Å²) in [7, 11) is 0. The Morgan fingerprint density at radius 2 is 1.61 bits per heavy atom. The lowest BCUT2D eigenvalue weighted by molar-refractivity contribution is 0.898. The summed E-state index contributed by atoms with van der Waals surface area (Å²) >= 11 is 0. The van der Waals surface area contributed by atoms with Gasteiger partial charge in [-0.05, 0) is 42.7 Å². The predicted octanol–water partition coefficient (Wildman–Crippen LogP) is 4.05. The molecule has 0 fully saturated rings. The Morgan fingerprint density at radius 1 is 0.857 bits per heavy atom. The fourth-order valence-corrected chi connectivity index (χ4v) is 3.69. The molecule has 0 aliphatic rings. The first kappa shape index (κ1) is 16.4. The first-order valence-electron chi connectivity index (χ1n) is 9.29. The molecule has 28 heavy (non-hydrogen) atoms. The largest absolute Gasteiger partial charge is 0.277 e. The molecule has 2 aromatic carbocycles. The van der Waals surface area contributed by atoms with Gasteiger partial charge in [-0.3, -0.25) is 14.5 Å². The summed E-state index contributed by atoms with van der Waals surface area (Å²) in [4.78, 5) is 18.0. The van der Waals surface area contributed by atoms with E-state index in [0.717, 1.165) is 28.7 Å². The van der Waals surface area contributed by atoms with Crippen molar-refractivity contribution < 1.29 is 0 Å². The zero-order valence-electron chi connectivity index (χ0n) is 15.2. The summed E-state index contributed by atoms with van der Waals surface area (Å²) in [6.45, 7) is 0. The van der Waals surface area contributed by atoms with Crippen LogP contribution in [0.3, 0.4) is 0 Å². The number of fused-ring (bicyclic) bond motifs is 3. The van der Waals surface area contributed by atoms with E-state index in [2.05, 4.69) is 27.3 Å². The smallest absolute Gasteiger partial charge is 0.268 e. The highest BCUT2D eigenvalue weighted by atomic mass is 16.1. The Kier molecular flexibility index (Phi) is 3.98. The van der Waals surface area contributed by atoms with E-state index in [1.54, 1.807) is 10.8 Å². The Labute approximate surface area is 161 Å². The summed E-state index contributed by atoms with van der Waals surface area (Å²) in [5, 5.41) is 9.10. The van der Waals surface area contributed by atoms with Crippen LogP contribution in [0.25, 0.3) is 27.6 Å². The summed E-state index contributed by atoms with van der Waals surface area (Å²) < 4.78 is 1.68. The Hall–Kier alpha value is -3.73. The van der Waals surface area contributed by atoms with Crippen LogP contribution in [-0.2, 0) is 12.8 Å². The molecule has 0 amide bonds. The zero-order chi connectivity index (χ0) is 18.9. The first-order valence-corrected chi connectivity index (χ1v) is 9.29. The van der Waals surface area contributed by atoms with Crippen LogP contribution in [-0.4, -0.2) is 19.7 Å². The van der Waals surface area contributed by atoms with Crippen molar-refractivity contribution in [3.63, 3.8) is 0 Å². The van der Waals surface area contributed by atoms with E-state index in [0.29, 0.717) is 17.5 Å². The molecule has 0 radical (unpaired) electrons. The van der Waals surface area contributed by atoms with Gasteiger partial charge in [0.05, 0.1) is 22.3 Å². The third-order valence-corrected chi connectivity index (χ3v) is 5.03. The molecule has 5 rings (SSSR count). The maximum atomic E-state index is 13.5. The van der Waals surface area contributed by atoms with Gasteiger partial charge in [0, 0.05) is 11.6 Å². The van der Waals surface area contributed by atoms with Gasteiger partial charge in [0.1, 0.15) is 5.65 Å². The second-order valence-corrected chi connectivity index (χ2v) is 6.76. The van der Waals surface area contributed by atoms with Gasteiger partial charge in [-0.25, -0.2) is 4.98 Å². The number of pyridine rings is 2. The molecule has 0 unspecified atom stereocenters. The van der Waals surface area contributed by atoms with Crippen LogP contribution in [0.15, 0.2) is 83.8 Å². The van der Waals surface area contributed by atoms with Crippen molar-refractivity contribution in [3.8, 4) is 5.69 Å². The van der Waals surface area contributed by atoms with Gasteiger partial charge in [0.25, 0.3) is 5.56 Å². The van der Waals surface area contributed by atoms with Crippen LogP contribution in [0.2, 0.25) is 0 Å². The number of benzene rings is 2. The average molecular weight is 366 g/mol. The zero-order valence-corrected chi connectivity index (χ0v) is 15.2. The summed E-state index contributed by atoms with van der Waals surface area (Å²) in [5.74, 6) is 0. The molecule has 1 N–H and O–H groups in total. The molecular weight excluding hydrogens is 348 g/mol. The highest BCUT2D eigenvalue weighted by molar-refractivity contribution is 6.03.